The van der Waals surface area contributed by atoms with E-state index in [2.05, 4.69) is 40.4 Å². The van der Waals surface area contributed by atoms with E-state index in [1.165, 1.54) is 16.7 Å². The molecular weight excluding hydrogens is 302 g/mol. The van der Waals surface area contributed by atoms with Crippen molar-refractivity contribution in [3.05, 3.63) is 71.3 Å². The Kier molecular flexibility index (Phi) is 3.91. The van der Waals surface area contributed by atoms with Crippen molar-refractivity contribution >= 4 is 0 Å². The van der Waals surface area contributed by atoms with Crippen LogP contribution in [0, 0.1) is 0 Å². The summed E-state index contributed by atoms with van der Waals surface area (Å²) in [5.41, 5.74) is 4.87. The second-order valence-corrected chi connectivity index (χ2v) is 5.92. The zero-order valence-corrected chi connectivity index (χ0v) is 13.6. The van der Waals surface area contributed by atoms with E-state index in [9.17, 15) is 0 Å². The minimum absolute atomic E-state index is 0.639. The van der Waals surface area contributed by atoms with E-state index >= 15 is 0 Å². The van der Waals surface area contributed by atoms with Crippen LogP contribution in [0.4, 0.5) is 0 Å². The van der Waals surface area contributed by atoms with Gasteiger partial charge in [0.05, 0.1) is 20.3 Å². The molecule has 0 atom stereocenters. The van der Waals surface area contributed by atoms with E-state index in [4.69, 9.17) is 9.47 Å². The highest BCUT2D eigenvalue weighted by Gasteiger charge is 2.16. The molecule has 5 heteroatoms. The normalized spacial score (nSPS) is 12.7. The van der Waals surface area contributed by atoms with E-state index in [1.54, 1.807) is 24.4 Å². The number of ether oxygens (including phenoxy) is 2. The molecule has 2 aromatic carbocycles. The lowest BCUT2D eigenvalue weighted by Crippen LogP contribution is -2.03. The van der Waals surface area contributed by atoms with Gasteiger partial charge in [0.25, 0.3) is 0 Å². The molecule has 0 spiro atoms. The van der Waals surface area contributed by atoms with E-state index in [0.717, 1.165) is 36.5 Å². The third-order valence-corrected chi connectivity index (χ3v) is 4.33. The summed E-state index contributed by atoms with van der Waals surface area (Å²) in [5.74, 6) is 1.93. The third-order valence-electron chi connectivity index (χ3n) is 4.33. The predicted octanol–water partition coefficient (Wildman–Crippen LogP) is 2.86. The lowest BCUT2D eigenvalue weighted by molar-refractivity contribution is 0.354. The molecule has 4 rings (SSSR count). The molecule has 0 radical (unpaired) electrons. The molecule has 1 aliphatic rings. The maximum Gasteiger partial charge on any atom is 0.137 e. The van der Waals surface area contributed by atoms with E-state index < -0.39 is 0 Å². The van der Waals surface area contributed by atoms with Gasteiger partial charge in [0.1, 0.15) is 24.2 Å². The highest BCUT2D eigenvalue weighted by molar-refractivity contribution is 5.47. The molecule has 0 saturated heterocycles. The van der Waals surface area contributed by atoms with Gasteiger partial charge in [-0.3, -0.25) is 0 Å². The van der Waals surface area contributed by atoms with Crippen LogP contribution in [0.3, 0.4) is 0 Å². The molecular formula is C19H19N3O2. The van der Waals surface area contributed by atoms with Crippen molar-refractivity contribution in [1.82, 2.24) is 14.8 Å². The van der Waals surface area contributed by atoms with Gasteiger partial charge < -0.3 is 9.47 Å². The summed E-state index contributed by atoms with van der Waals surface area (Å²) in [6.45, 7) is 1.42. The Hall–Kier alpha value is -2.82. The molecule has 24 heavy (non-hydrogen) atoms. The summed E-state index contributed by atoms with van der Waals surface area (Å²) in [6, 6.07) is 12.7. The molecule has 0 saturated carbocycles. The molecule has 122 valence electrons. The average Bonchev–Trinajstić information content (AvgIpc) is 3.27. The topological polar surface area (TPSA) is 49.2 Å². The molecule has 3 aromatic rings. The number of fused-ring (bicyclic) bond motifs is 1. The number of methoxy groups -OCH3 is 1. The Bertz CT molecular complexity index is 844. The van der Waals surface area contributed by atoms with Crippen molar-refractivity contribution in [2.24, 2.45) is 0 Å². The van der Waals surface area contributed by atoms with Crippen molar-refractivity contribution in [3.8, 4) is 11.5 Å². The Labute approximate surface area is 140 Å². The lowest BCUT2D eigenvalue weighted by atomic mass is 9.99. The molecule has 0 N–H and O–H groups in total. The molecule has 2 heterocycles. The van der Waals surface area contributed by atoms with Gasteiger partial charge in [-0.25, -0.2) is 9.67 Å². The molecule has 1 aromatic heterocycles. The van der Waals surface area contributed by atoms with Crippen LogP contribution in [-0.2, 0) is 19.4 Å². The van der Waals surface area contributed by atoms with Gasteiger partial charge in [0.2, 0.25) is 0 Å². The first-order chi connectivity index (χ1) is 11.8. The monoisotopic (exact) mass is 321 g/mol. The van der Waals surface area contributed by atoms with Crippen molar-refractivity contribution in [3.63, 3.8) is 0 Å². The standard InChI is InChI=1S/C19H19N3O2/c1-23-18-6-5-14(10-17(18)11-22-13-20-12-21-22)9-16-4-2-3-15-7-8-24-19(15)16/h2-6,10,12-13H,7-9,11H2,1H3. The minimum atomic E-state index is 0.639. The van der Waals surface area contributed by atoms with E-state index in [1.807, 2.05) is 6.07 Å². The van der Waals surface area contributed by atoms with Crippen LogP contribution < -0.4 is 9.47 Å². The number of nitrogens with zero attached hydrogens (tertiary/aromatic N) is 3. The Morgan fingerprint density at radius 3 is 3.00 bits per heavy atom. The zero-order valence-electron chi connectivity index (χ0n) is 13.6. The molecule has 0 unspecified atom stereocenters. The van der Waals surface area contributed by atoms with Crippen molar-refractivity contribution in [2.45, 2.75) is 19.4 Å². The SMILES string of the molecule is COc1ccc(Cc2cccc3c2OCC3)cc1Cn1cncn1. The molecule has 0 amide bonds. The first-order valence-electron chi connectivity index (χ1n) is 8.05. The smallest absolute Gasteiger partial charge is 0.137 e. The lowest BCUT2D eigenvalue weighted by Gasteiger charge is -2.12. The molecule has 0 bridgehead atoms. The van der Waals surface area contributed by atoms with Crippen LogP contribution in [0.15, 0.2) is 49.1 Å². The number of hydrogen-bond donors (Lipinski definition) is 0. The summed E-state index contributed by atoms with van der Waals surface area (Å²) in [5, 5.41) is 4.18. The second-order valence-electron chi connectivity index (χ2n) is 5.92. The van der Waals surface area contributed by atoms with Gasteiger partial charge in [-0.15, -0.1) is 0 Å². The Morgan fingerprint density at radius 2 is 2.17 bits per heavy atom. The van der Waals surface area contributed by atoms with Crippen LogP contribution in [0.5, 0.6) is 11.5 Å². The van der Waals surface area contributed by atoms with Gasteiger partial charge in [-0.2, -0.15) is 5.10 Å². The van der Waals surface area contributed by atoms with Crippen molar-refractivity contribution in [1.29, 1.82) is 0 Å². The number of rotatable bonds is 5. The van der Waals surface area contributed by atoms with Gasteiger partial charge in [-0.05, 0) is 28.8 Å². The fraction of sp³-hybridized carbons (Fsp3) is 0.263. The fourth-order valence-corrected chi connectivity index (χ4v) is 3.20. The molecule has 5 nitrogen and oxygen atoms in total. The average molecular weight is 321 g/mol. The summed E-state index contributed by atoms with van der Waals surface area (Å²) in [6.07, 6.45) is 5.10. The third kappa shape index (κ3) is 2.85. The first kappa shape index (κ1) is 14.8. The summed E-state index contributed by atoms with van der Waals surface area (Å²) < 4.78 is 13.1. The van der Waals surface area contributed by atoms with Gasteiger partial charge in [-0.1, -0.05) is 24.3 Å². The quantitative estimate of drug-likeness (QED) is 0.725. The summed E-state index contributed by atoms with van der Waals surface area (Å²) >= 11 is 0. The highest BCUT2D eigenvalue weighted by atomic mass is 16.5. The summed E-state index contributed by atoms with van der Waals surface area (Å²) in [7, 11) is 1.69. The number of hydrogen-bond acceptors (Lipinski definition) is 4. The number of aromatic nitrogens is 3. The van der Waals surface area contributed by atoms with E-state index in [0.29, 0.717) is 6.54 Å². The number of para-hydroxylation sites is 1. The maximum absolute atomic E-state index is 5.82. The van der Waals surface area contributed by atoms with Gasteiger partial charge in [0, 0.05) is 18.4 Å². The fourth-order valence-electron chi connectivity index (χ4n) is 3.20. The van der Waals surface area contributed by atoms with E-state index in [-0.39, 0.29) is 0 Å². The highest BCUT2D eigenvalue weighted by Crippen LogP contribution is 2.31. The number of benzene rings is 2. The van der Waals surface area contributed by atoms with Gasteiger partial charge >= 0.3 is 0 Å². The first-order valence-corrected chi connectivity index (χ1v) is 8.05. The Morgan fingerprint density at radius 1 is 1.21 bits per heavy atom. The molecule has 0 fully saturated rings. The second kappa shape index (κ2) is 6.35. The van der Waals surface area contributed by atoms with Crippen LogP contribution in [0.1, 0.15) is 22.3 Å². The minimum Gasteiger partial charge on any atom is -0.496 e. The van der Waals surface area contributed by atoms with Crippen LogP contribution >= 0.6 is 0 Å². The summed E-state index contributed by atoms with van der Waals surface area (Å²) in [4.78, 5) is 4.00. The molecule has 1 aliphatic heterocycles. The van der Waals surface area contributed by atoms with Crippen LogP contribution in [0.25, 0.3) is 0 Å². The molecule has 0 aliphatic carbocycles. The Balaban J connectivity index is 1.63. The predicted molar refractivity (Wildman–Crippen MR) is 90.6 cm³/mol. The van der Waals surface area contributed by atoms with Crippen molar-refractivity contribution < 1.29 is 9.47 Å². The van der Waals surface area contributed by atoms with Crippen LogP contribution in [0.2, 0.25) is 0 Å². The van der Waals surface area contributed by atoms with Crippen molar-refractivity contribution in [2.75, 3.05) is 13.7 Å². The maximum atomic E-state index is 5.82. The largest absolute Gasteiger partial charge is 0.496 e. The van der Waals surface area contributed by atoms with Crippen LogP contribution in [-0.4, -0.2) is 28.5 Å². The zero-order chi connectivity index (χ0) is 16.4. The van der Waals surface area contributed by atoms with Gasteiger partial charge in [0.15, 0.2) is 0 Å².